The van der Waals surface area contributed by atoms with Gasteiger partial charge in [-0.3, -0.25) is 9.11 Å². The number of nitrogens with zero attached hydrogens (tertiary/aromatic N) is 2. The summed E-state index contributed by atoms with van der Waals surface area (Å²) < 4.78 is 212. The number of H-pyrrole nitrogens is 2. The third-order valence-corrected chi connectivity index (χ3v) is 13.8. The molecular formula is C44H22F8N4O12S4. The van der Waals surface area contributed by atoms with E-state index in [1.54, 1.807) is 0 Å². The van der Waals surface area contributed by atoms with Crippen LogP contribution >= 0.6 is 24.1 Å². The fourth-order valence-corrected chi connectivity index (χ4v) is 9.42. The highest BCUT2D eigenvalue weighted by atomic mass is 32.2. The molecule has 0 fully saturated rings. The first-order chi connectivity index (χ1) is 34.2. The highest BCUT2D eigenvalue weighted by Gasteiger charge is 2.35. The summed E-state index contributed by atoms with van der Waals surface area (Å²) in [5.74, 6) is -15.4. The van der Waals surface area contributed by atoms with Gasteiger partial charge in [0, 0.05) is 32.0 Å². The van der Waals surface area contributed by atoms with Gasteiger partial charge in [-0.05, 0) is 70.8 Å². The number of fused-ring (bicyclic) bond motifs is 8. The molecule has 0 saturated carbocycles. The number of hydrogen-bond donors (Lipinski definition) is 6. The summed E-state index contributed by atoms with van der Waals surface area (Å²) in [5, 5.41) is 24.5. The second-order valence-corrected chi connectivity index (χ2v) is 19.3. The van der Waals surface area contributed by atoms with Gasteiger partial charge in [0.05, 0.1) is 55.9 Å². The average Bonchev–Trinajstić information content (AvgIpc) is 4.02. The van der Waals surface area contributed by atoms with Gasteiger partial charge < -0.3 is 9.97 Å². The van der Waals surface area contributed by atoms with E-state index in [0.717, 1.165) is 72.8 Å². The molecule has 370 valence electrons. The van der Waals surface area contributed by atoms with Gasteiger partial charge >= 0.3 is 0 Å². The van der Waals surface area contributed by atoms with Crippen molar-refractivity contribution in [3.63, 3.8) is 0 Å². The van der Waals surface area contributed by atoms with Crippen LogP contribution in [0.1, 0.15) is 22.8 Å². The molecule has 0 saturated heterocycles. The predicted molar refractivity (Wildman–Crippen MR) is 242 cm³/mol. The zero-order chi connectivity index (χ0) is 51.6. The summed E-state index contributed by atoms with van der Waals surface area (Å²) >= 11 is 0.860. The summed E-state index contributed by atoms with van der Waals surface area (Å²) in [4.78, 5) is 11.7. The van der Waals surface area contributed by atoms with Crippen LogP contribution in [0.25, 0.3) is 89.9 Å². The van der Waals surface area contributed by atoms with Crippen LogP contribution < -0.4 is 0 Å². The summed E-state index contributed by atoms with van der Waals surface area (Å²) in [5.41, 5.74) is -14.1. The van der Waals surface area contributed by atoms with Gasteiger partial charge in [-0.25, -0.2) is 55.6 Å². The number of hydrogen-bond acceptors (Lipinski definition) is 14. The molecule has 9 rings (SSSR count). The van der Waals surface area contributed by atoms with Gasteiger partial charge in [-0.15, -0.1) is 8.67 Å². The lowest BCUT2D eigenvalue weighted by Gasteiger charge is -2.08. The Kier molecular flexibility index (Phi) is 13.5. The first kappa shape index (κ1) is 50.2. The van der Waals surface area contributed by atoms with Gasteiger partial charge in [0.1, 0.15) is 22.8 Å². The minimum absolute atomic E-state index is 0.154. The van der Waals surface area contributed by atoms with Crippen LogP contribution in [0.5, 0.6) is 0 Å². The first-order valence-electron chi connectivity index (χ1n) is 19.6. The van der Waals surface area contributed by atoms with Gasteiger partial charge in [-0.1, -0.05) is 58.6 Å². The van der Waals surface area contributed by atoms with E-state index >= 15 is 35.1 Å². The molecule has 0 aliphatic carbocycles. The van der Waals surface area contributed by atoms with Crippen molar-refractivity contribution in [3.8, 4) is 44.5 Å². The molecule has 28 heteroatoms. The van der Waals surface area contributed by atoms with Crippen molar-refractivity contribution in [3.05, 3.63) is 143 Å². The highest BCUT2D eigenvalue weighted by molar-refractivity contribution is 7.94. The van der Waals surface area contributed by atoms with Crippen molar-refractivity contribution in [1.29, 1.82) is 0 Å². The molecule has 6 N–H and O–H groups in total. The maximum atomic E-state index is 17.0. The minimum atomic E-state index is -4.95. The van der Waals surface area contributed by atoms with E-state index in [1.165, 1.54) is 24.3 Å². The highest BCUT2D eigenvalue weighted by Crippen LogP contribution is 2.48. The Labute approximate surface area is 405 Å². The van der Waals surface area contributed by atoms with Crippen LogP contribution in [0, 0.1) is 23.3 Å². The van der Waals surface area contributed by atoms with Crippen LogP contribution in [0.15, 0.2) is 117 Å². The molecule has 72 heavy (non-hydrogen) atoms. The number of aromatic nitrogens is 4. The Morgan fingerprint density at radius 1 is 0.403 bits per heavy atom. The molecule has 0 atom stereocenters. The molecule has 0 unspecified atom stereocenters. The Bertz CT molecular complexity index is 3610. The number of benzene rings is 4. The van der Waals surface area contributed by atoms with E-state index in [-0.39, 0.29) is 20.9 Å². The summed E-state index contributed by atoms with van der Waals surface area (Å²) in [7, 11) is -9.89. The Hall–Kier alpha value is -6.80. The Morgan fingerprint density at radius 3 is 0.861 bits per heavy atom. The van der Waals surface area contributed by atoms with E-state index in [9.17, 15) is 25.9 Å². The summed E-state index contributed by atoms with van der Waals surface area (Å²) in [6.45, 7) is 0. The van der Waals surface area contributed by atoms with Crippen molar-refractivity contribution in [2.45, 2.75) is 19.6 Å². The quantitative estimate of drug-likeness (QED) is 0.0219. The molecule has 5 heterocycles. The lowest BCUT2D eigenvalue weighted by molar-refractivity contribution is -0.432. The maximum absolute atomic E-state index is 17.0. The second kappa shape index (κ2) is 19.3. The van der Waals surface area contributed by atoms with Crippen LogP contribution in [-0.4, -0.2) is 56.4 Å². The summed E-state index contributed by atoms with van der Waals surface area (Å²) in [6, 6.07) is 15.6. The monoisotopic (exact) mass is 1080 g/mol. The molecule has 4 aromatic carbocycles. The van der Waals surface area contributed by atoms with Crippen molar-refractivity contribution in [1.82, 2.24) is 19.9 Å². The number of halogens is 8. The van der Waals surface area contributed by atoms with Gasteiger partial charge in [0.2, 0.25) is 0 Å². The van der Waals surface area contributed by atoms with Gasteiger partial charge in [0.15, 0.2) is 46.6 Å². The fraction of sp³-hybridized carbons (Fsp3) is 0. The topological polar surface area (TPSA) is 243 Å². The zero-order valence-corrected chi connectivity index (χ0v) is 38.1. The van der Waals surface area contributed by atoms with E-state index < -0.39 is 155 Å². The minimum Gasteiger partial charge on any atom is -0.349 e. The average molecular weight is 1080 g/mol. The smallest absolute Gasteiger partial charge is 0.294 e. The first-order valence-corrected chi connectivity index (χ1v) is 23.9. The number of rotatable bonds is 12. The summed E-state index contributed by atoms with van der Waals surface area (Å²) in [6.07, 6.45) is 0. The molecule has 8 bridgehead atoms. The van der Waals surface area contributed by atoms with Crippen molar-refractivity contribution >= 4 is 89.7 Å². The van der Waals surface area contributed by atoms with Crippen LogP contribution in [0.3, 0.4) is 0 Å². The van der Waals surface area contributed by atoms with Crippen LogP contribution in [0.4, 0.5) is 35.1 Å². The SMILES string of the molecule is O=S(=O)(O)c1ccc(-c2c3nc(c(-c4ccc(SOOO)cc4)c4[nH]c(c(F)c4F)c(-c4ccc(SOOO)cc4)c4nc(c(-c5ccc(S(=O)(=O)O)cc5)c5[nH]c2c(F)c5F)C(F)=C4F)C(F)=C3F)cc1. The standard InChI is InChI=1S/C44H22F8N4O12S4/c45-29-30(46)38-26(18-3-11-22(12-4-18)70-68-66-58)40-32(48)34(50)42(55-40)28(20-7-15-24(16-8-20)72(62,63)64)44-36(52)35(51)43(56-44)27(19-5-13-23(14-6-19)71(59,60)61)41-33(49)31(47)39(54-41)25(37(29)53-38)17-1-9-21(10-2-17)69-67-65-57/h1-16,53,56-58H,(H,59,60,61)(H,62,63,64). The normalized spacial score (nSPS) is 13.2. The molecule has 0 radical (unpaired) electrons. The van der Waals surface area contributed by atoms with E-state index in [0.29, 0.717) is 24.1 Å². The Balaban J connectivity index is 1.55. The molecular weight excluding hydrogens is 1060 g/mol. The predicted octanol–water partition coefficient (Wildman–Crippen LogP) is 12.4. The molecule has 0 amide bonds. The molecule has 2 aliphatic rings. The number of nitrogens with one attached hydrogen (secondary N) is 2. The molecule has 2 aliphatic heterocycles. The molecule has 7 aromatic rings. The van der Waals surface area contributed by atoms with Crippen LogP contribution in [0.2, 0.25) is 0 Å². The largest absolute Gasteiger partial charge is 0.349 e. The zero-order valence-electron chi connectivity index (χ0n) is 34.8. The Morgan fingerprint density at radius 2 is 0.639 bits per heavy atom. The third-order valence-electron chi connectivity index (χ3n) is 10.9. The number of aromatic amines is 2. The second-order valence-electron chi connectivity index (χ2n) is 14.9. The van der Waals surface area contributed by atoms with Crippen molar-refractivity contribution in [2.75, 3.05) is 0 Å². The van der Waals surface area contributed by atoms with E-state index in [4.69, 9.17) is 10.5 Å². The van der Waals surface area contributed by atoms with E-state index in [1.807, 2.05) is 0 Å². The third kappa shape index (κ3) is 8.96. The lowest BCUT2D eigenvalue weighted by atomic mass is 10.0. The van der Waals surface area contributed by atoms with Crippen molar-refractivity contribution < 1.29 is 90.3 Å². The van der Waals surface area contributed by atoms with Crippen LogP contribution in [-0.2, 0) is 39.0 Å². The maximum Gasteiger partial charge on any atom is 0.294 e. The molecule has 16 nitrogen and oxygen atoms in total. The van der Waals surface area contributed by atoms with E-state index in [2.05, 4.69) is 38.7 Å². The van der Waals surface area contributed by atoms with Gasteiger partial charge in [-0.2, -0.15) is 16.8 Å². The fourth-order valence-electron chi connectivity index (χ4n) is 7.74. The van der Waals surface area contributed by atoms with Gasteiger partial charge in [0.25, 0.3) is 20.2 Å². The van der Waals surface area contributed by atoms with Crippen molar-refractivity contribution in [2.24, 2.45) is 0 Å². The molecule has 3 aromatic heterocycles. The lowest BCUT2D eigenvalue weighted by Crippen LogP contribution is -1.98. The molecule has 0 spiro atoms.